The summed E-state index contributed by atoms with van der Waals surface area (Å²) in [5.41, 5.74) is 8.26. The Kier molecular flexibility index (Phi) is 4.99. The Labute approximate surface area is 121 Å². The van der Waals surface area contributed by atoms with Gasteiger partial charge in [-0.1, -0.05) is 19.8 Å². The van der Waals surface area contributed by atoms with E-state index in [0.29, 0.717) is 11.7 Å². The number of aromatic nitrogens is 1. The Balaban J connectivity index is 2.24. The van der Waals surface area contributed by atoms with Gasteiger partial charge < -0.3 is 11.1 Å². The van der Waals surface area contributed by atoms with Gasteiger partial charge in [0.15, 0.2) is 0 Å². The fourth-order valence-corrected chi connectivity index (χ4v) is 2.96. The first kappa shape index (κ1) is 14.8. The molecule has 1 fully saturated rings. The van der Waals surface area contributed by atoms with Gasteiger partial charge >= 0.3 is 0 Å². The second-order valence-corrected chi connectivity index (χ2v) is 5.76. The summed E-state index contributed by atoms with van der Waals surface area (Å²) >= 11 is 0. The fourth-order valence-electron chi connectivity index (χ4n) is 2.96. The summed E-state index contributed by atoms with van der Waals surface area (Å²) in [5.74, 6) is 2.88. The van der Waals surface area contributed by atoms with Gasteiger partial charge in [0.05, 0.1) is 5.56 Å². The predicted molar refractivity (Wildman–Crippen MR) is 85.2 cm³/mol. The van der Waals surface area contributed by atoms with Crippen molar-refractivity contribution in [3.05, 3.63) is 23.4 Å². The molecule has 4 heteroatoms. The van der Waals surface area contributed by atoms with Crippen LogP contribution in [0.1, 0.15) is 56.6 Å². The van der Waals surface area contributed by atoms with Crippen molar-refractivity contribution < 1.29 is 0 Å². The minimum absolute atomic E-state index is 0.555. The van der Waals surface area contributed by atoms with Crippen LogP contribution in [0.15, 0.2) is 17.3 Å². The summed E-state index contributed by atoms with van der Waals surface area (Å²) in [6, 6.07) is 2.17. The van der Waals surface area contributed by atoms with Crippen LogP contribution in [-0.2, 0) is 0 Å². The van der Waals surface area contributed by atoms with E-state index in [0.717, 1.165) is 23.9 Å². The van der Waals surface area contributed by atoms with E-state index in [2.05, 4.69) is 35.2 Å². The Morgan fingerprint density at radius 2 is 2.10 bits per heavy atom. The van der Waals surface area contributed by atoms with Crippen LogP contribution >= 0.6 is 0 Å². The lowest BCUT2D eigenvalue weighted by molar-refractivity contribution is 0.347. The lowest BCUT2D eigenvalue weighted by atomic mass is 9.79. The van der Waals surface area contributed by atoms with Crippen molar-refractivity contribution in [2.24, 2.45) is 10.9 Å². The summed E-state index contributed by atoms with van der Waals surface area (Å²) in [6.07, 6.45) is 7.08. The minimum Gasteiger partial charge on any atom is -0.383 e. The first-order valence-corrected chi connectivity index (χ1v) is 7.62. The monoisotopic (exact) mass is 274 g/mol. The van der Waals surface area contributed by atoms with Gasteiger partial charge in [-0.2, -0.15) is 0 Å². The van der Waals surface area contributed by atoms with Crippen LogP contribution in [-0.4, -0.2) is 24.4 Å². The lowest BCUT2D eigenvalue weighted by Gasteiger charge is -2.26. The largest absolute Gasteiger partial charge is 0.383 e. The van der Waals surface area contributed by atoms with Crippen LogP contribution in [0, 0.1) is 5.92 Å². The van der Waals surface area contributed by atoms with Crippen molar-refractivity contribution in [3.63, 3.8) is 0 Å². The quantitative estimate of drug-likeness (QED) is 0.658. The highest BCUT2D eigenvalue weighted by Gasteiger charge is 2.21. The number of hydrogen-bond donors (Lipinski definition) is 2. The summed E-state index contributed by atoms with van der Waals surface area (Å²) < 4.78 is 0. The average Bonchev–Trinajstić information content (AvgIpc) is 2.46. The molecule has 1 aromatic heterocycles. The minimum atomic E-state index is 0.555. The third-order valence-electron chi connectivity index (χ3n) is 4.25. The number of aliphatic imine (C=N–C) groups is 1. The van der Waals surface area contributed by atoms with Crippen LogP contribution < -0.4 is 11.1 Å². The molecule has 0 amide bonds. The van der Waals surface area contributed by atoms with Crippen LogP contribution in [0.25, 0.3) is 0 Å². The van der Waals surface area contributed by atoms with Crippen molar-refractivity contribution in [2.45, 2.75) is 45.4 Å². The van der Waals surface area contributed by atoms with Gasteiger partial charge in [0.25, 0.3) is 0 Å². The van der Waals surface area contributed by atoms with Gasteiger partial charge in [0, 0.05) is 19.8 Å². The Bertz CT molecular complexity index is 473. The molecule has 3 N–H and O–H groups in total. The number of nitrogen functional groups attached to an aromatic ring is 1. The maximum Gasteiger partial charge on any atom is 0.134 e. The topological polar surface area (TPSA) is 63.3 Å². The number of nitrogens with two attached hydrogens (primary N) is 1. The third kappa shape index (κ3) is 3.30. The van der Waals surface area contributed by atoms with E-state index >= 15 is 0 Å². The van der Waals surface area contributed by atoms with E-state index in [9.17, 15) is 0 Å². The average molecular weight is 274 g/mol. The zero-order valence-corrected chi connectivity index (χ0v) is 12.8. The molecule has 0 unspecified atom stereocenters. The van der Waals surface area contributed by atoms with Gasteiger partial charge in [0.2, 0.25) is 0 Å². The van der Waals surface area contributed by atoms with Crippen molar-refractivity contribution in [1.29, 1.82) is 0 Å². The summed E-state index contributed by atoms with van der Waals surface area (Å²) in [6.45, 7) is 5.23. The Morgan fingerprint density at radius 3 is 2.70 bits per heavy atom. The van der Waals surface area contributed by atoms with Crippen LogP contribution in [0.3, 0.4) is 0 Å². The van der Waals surface area contributed by atoms with E-state index in [4.69, 9.17) is 5.73 Å². The lowest BCUT2D eigenvalue weighted by Crippen LogP contribution is -2.25. The highest BCUT2D eigenvalue weighted by atomic mass is 15.0. The molecule has 0 radical (unpaired) electrons. The van der Waals surface area contributed by atoms with Gasteiger partial charge in [-0.3, -0.25) is 4.99 Å². The molecule has 0 atom stereocenters. The van der Waals surface area contributed by atoms with Gasteiger partial charge in [-0.05, 0) is 43.2 Å². The molecule has 2 rings (SSSR count). The van der Waals surface area contributed by atoms with Crippen molar-refractivity contribution in [2.75, 3.05) is 19.3 Å². The van der Waals surface area contributed by atoms with E-state index in [1.54, 1.807) is 7.05 Å². The maximum atomic E-state index is 6.02. The molecule has 110 valence electrons. The number of hydrogen-bond acceptors (Lipinski definition) is 3. The Morgan fingerprint density at radius 1 is 1.40 bits per heavy atom. The zero-order chi connectivity index (χ0) is 14.5. The van der Waals surface area contributed by atoms with Crippen LogP contribution in [0.5, 0.6) is 0 Å². The van der Waals surface area contributed by atoms with Crippen molar-refractivity contribution in [3.8, 4) is 0 Å². The number of nitrogens with zero attached hydrogens (tertiary/aromatic N) is 2. The predicted octanol–water partition coefficient (Wildman–Crippen LogP) is 2.94. The third-order valence-corrected chi connectivity index (χ3v) is 4.25. The second kappa shape index (κ2) is 6.73. The van der Waals surface area contributed by atoms with E-state index in [-0.39, 0.29) is 0 Å². The van der Waals surface area contributed by atoms with Crippen LogP contribution in [0.4, 0.5) is 5.82 Å². The number of amidine groups is 1. The fraction of sp³-hybridized carbons (Fsp3) is 0.625. The zero-order valence-electron chi connectivity index (χ0n) is 12.8. The molecule has 0 bridgehead atoms. The molecule has 0 spiro atoms. The van der Waals surface area contributed by atoms with Crippen molar-refractivity contribution >= 4 is 11.7 Å². The smallest absolute Gasteiger partial charge is 0.134 e. The standard InChI is InChI=1S/C16H26N4/c1-4-19-16(18-3)14-9-13(10-20-15(14)17)12-7-5-11(2)6-8-12/h9-12H,4-8H2,1-3H3,(H2,17,20)(H,18,19). The number of pyridine rings is 1. The van der Waals surface area contributed by atoms with E-state index < -0.39 is 0 Å². The molecule has 1 aliphatic rings. The molecular weight excluding hydrogens is 248 g/mol. The SMILES string of the molecule is CCNC(=NC)c1cc(C2CCC(C)CC2)cnc1N. The molecule has 0 aliphatic heterocycles. The molecule has 0 saturated heterocycles. The van der Waals surface area contributed by atoms with E-state index in [1.807, 2.05) is 6.20 Å². The second-order valence-electron chi connectivity index (χ2n) is 5.76. The highest BCUT2D eigenvalue weighted by Crippen LogP contribution is 2.35. The first-order chi connectivity index (χ1) is 9.65. The summed E-state index contributed by atoms with van der Waals surface area (Å²) in [5, 5.41) is 3.26. The van der Waals surface area contributed by atoms with Gasteiger partial charge in [-0.25, -0.2) is 4.98 Å². The van der Waals surface area contributed by atoms with Gasteiger partial charge in [0.1, 0.15) is 11.7 Å². The maximum absolute atomic E-state index is 6.02. The molecule has 1 aromatic rings. The molecule has 1 saturated carbocycles. The molecule has 1 aliphatic carbocycles. The highest BCUT2D eigenvalue weighted by molar-refractivity contribution is 6.02. The normalized spacial score (nSPS) is 23.6. The number of anilines is 1. The van der Waals surface area contributed by atoms with Crippen LogP contribution in [0.2, 0.25) is 0 Å². The van der Waals surface area contributed by atoms with Crippen molar-refractivity contribution in [1.82, 2.24) is 10.3 Å². The van der Waals surface area contributed by atoms with Gasteiger partial charge in [-0.15, -0.1) is 0 Å². The molecule has 20 heavy (non-hydrogen) atoms. The van der Waals surface area contributed by atoms with E-state index in [1.165, 1.54) is 31.2 Å². The summed E-state index contributed by atoms with van der Waals surface area (Å²) in [4.78, 5) is 8.67. The Hall–Kier alpha value is -1.58. The molecular formula is C16H26N4. The number of rotatable bonds is 3. The first-order valence-electron chi connectivity index (χ1n) is 7.62. The molecule has 1 heterocycles. The summed E-state index contributed by atoms with van der Waals surface area (Å²) in [7, 11) is 1.78. The number of nitrogens with one attached hydrogen (secondary N) is 1. The molecule has 0 aromatic carbocycles. The molecule has 4 nitrogen and oxygen atoms in total.